The Balaban J connectivity index is 1.56. The van der Waals surface area contributed by atoms with Gasteiger partial charge in [0.05, 0.1) is 18.7 Å². The highest BCUT2D eigenvalue weighted by atomic mass is 35.5. The molecule has 2 aromatic carbocycles. The number of hydrogen-bond donors (Lipinski definition) is 0. The highest BCUT2D eigenvalue weighted by Crippen LogP contribution is 2.29. The van der Waals surface area contributed by atoms with E-state index in [-0.39, 0.29) is 6.10 Å². The van der Waals surface area contributed by atoms with Gasteiger partial charge < -0.3 is 18.8 Å². The van der Waals surface area contributed by atoms with Crippen molar-refractivity contribution in [1.29, 1.82) is 0 Å². The minimum atomic E-state index is -0.271. The number of para-hydroxylation sites is 1. The molecule has 0 amide bonds. The molecule has 0 saturated heterocycles. The molecule has 1 aromatic heterocycles. The monoisotopic (exact) mass is 433 g/mol. The third-order valence-corrected chi connectivity index (χ3v) is 5.45. The first-order valence-corrected chi connectivity index (χ1v) is 10.7. The number of benzene rings is 2. The third-order valence-electron chi connectivity index (χ3n) is 4.21. The first kappa shape index (κ1) is 21.3. The first-order valence-electron chi connectivity index (χ1n) is 9.36. The van der Waals surface area contributed by atoms with Crippen LogP contribution in [0.5, 0.6) is 17.2 Å². The van der Waals surface area contributed by atoms with Crippen molar-refractivity contribution >= 4 is 23.4 Å². The van der Waals surface area contributed by atoms with E-state index >= 15 is 0 Å². The van der Waals surface area contributed by atoms with E-state index in [0.717, 1.165) is 34.8 Å². The number of methoxy groups -OCH3 is 1. The van der Waals surface area contributed by atoms with Crippen LogP contribution in [0.4, 0.5) is 0 Å². The van der Waals surface area contributed by atoms with E-state index < -0.39 is 0 Å². The molecule has 6 nitrogen and oxygen atoms in total. The fraction of sp³-hybridized carbons (Fsp3) is 0.333. The van der Waals surface area contributed by atoms with Gasteiger partial charge in [0.25, 0.3) is 0 Å². The summed E-state index contributed by atoms with van der Waals surface area (Å²) in [5.41, 5.74) is 0. The predicted octanol–water partition coefficient (Wildman–Crippen LogP) is 5.27. The Morgan fingerprint density at radius 2 is 1.79 bits per heavy atom. The second-order valence-corrected chi connectivity index (χ2v) is 7.62. The molecule has 1 heterocycles. The van der Waals surface area contributed by atoms with Crippen molar-refractivity contribution in [1.82, 2.24) is 14.8 Å². The summed E-state index contributed by atoms with van der Waals surface area (Å²) in [5, 5.41) is 10.1. The number of rotatable bonds is 10. The number of ether oxygens (including phenoxy) is 3. The van der Waals surface area contributed by atoms with Crippen LogP contribution in [-0.4, -0.2) is 34.2 Å². The number of nitrogens with zero attached hydrogens (tertiary/aromatic N) is 3. The number of hydrogen-bond acceptors (Lipinski definition) is 6. The maximum Gasteiger partial charge on any atom is 0.191 e. The first-order chi connectivity index (χ1) is 14.1. The van der Waals surface area contributed by atoms with Crippen LogP contribution in [0, 0.1) is 0 Å². The molecule has 0 aliphatic heterocycles. The summed E-state index contributed by atoms with van der Waals surface area (Å²) in [5.74, 6) is 3.78. The molecule has 1 atom stereocenters. The van der Waals surface area contributed by atoms with Crippen molar-refractivity contribution in [3.8, 4) is 17.2 Å². The molecule has 29 heavy (non-hydrogen) atoms. The Labute approximate surface area is 180 Å². The van der Waals surface area contributed by atoms with Crippen molar-refractivity contribution < 1.29 is 14.2 Å². The Bertz CT molecular complexity index is 918. The zero-order valence-corrected chi connectivity index (χ0v) is 18.2. The van der Waals surface area contributed by atoms with Crippen molar-refractivity contribution in [2.45, 2.75) is 31.7 Å². The molecule has 0 aliphatic carbocycles. The van der Waals surface area contributed by atoms with E-state index in [1.807, 2.05) is 49.4 Å². The van der Waals surface area contributed by atoms with Crippen LogP contribution in [0.3, 0.4) is 0 Å². The van der Waals surface area contributed by atoms with Gasteiger partial charge in [-0.25, -0.2) is 0 Å². The topological polar surface area (TPSA) is 58.4 Å². The van der Waals surface area contributed by atoms with Crippen LogP contribution >= 0.6 is 23.4 Å². The zero-order chi connectivity index (χ0) is 20.6. The molecule has 8 heteroatoms. The minimum Gasteiger partial charge on any atom is -0.497 e. The normalized spacial score (nSPS) is 11.9. The van der Waals surface area contributed by atoms with E-state index in [1.54, 1.807) is 24.9 Å². The van der Waals surface area contributed by atoms with Gasteiger partial charge in [-0.3, -0.25) is 0 Å². The smallest absolute Gasteiger partial charge is 0.191 e. The van der Waals surface area contributed by atoms with Crippen LogP contribution in [0.25, 0.3) is 0 Å². The van der Waals surface area contributed by atoms with Crippen LogP contribution in [0.15, 0.2) is 53.7 Å². The van der Waals surface area contributed by atoms with Crippen molar-refractivity contribution in [2.75, 3.05) is 19.5 Å². The Morgan fingerprint density at radius 3 is 2.48 bits per heavy atom. The van der Waals surface area contributed by atoms with Crippen LogP contribution < -0.4 is 14.2 Å². The van der Waals surface area contributed by atoms with Crippen molar-refractivity contribution in [3.05, 3.63) is 59.4 Å². The van der Waals surface area contributed by atoms with Gasteiger partial charge in [-0.15, -0.1) is 10.2 Å². The summed E-state index contributed by atoms with van der Waals surface area (Å²) in [7, 11) is 1.64. The lowest BCUT2D eigenvalue weighted by Crippen LogP contribution is -2.12. The standard InChI is InChI=1S/C21H24ClN3O3S/c1-4-25-20(15(2)28-19-8-6-5-7-18(19)22)23-24-21(25)29-14-13-27-17-11-9-16(26-3)10-12-17/h5-12,15H,4,13-14H2,1-3H3. The fourth-order valence-corrected chi connectivity index (χ4v) is 3.76. The molecule has 0 radical (unpaired) electrons. The van der Waals surface area contributed by atoms with Gasteiger partial charge in [0.15, 0.2) is 17.1 Å². The van der Waals surface area contributed by atoms with Crippen LogP contribution in [-0.2, 0) is 6.54 Å². The SMILES string of the molecule is CCn1c(SCCOc2ccc(OC)cc2)nnc1C(C)Oc1ccccc1Cl. The molecule has 0 aliphatic rings. The molecule has 3 aromatic rings. The van der Waals surface area contributed by atoms with Gasteiger partial charge in [0.2, 0.25) is 0 Å². The molecule has 0 saturated carbocycles. The lowest BCUT2D eigenvalue weighted by Gasteiger charge is -2.16. The molecule has 3 rings (SSSR count). The summed E-state index contributed by atoms with van der Waals surface area (Å²) < 4.78 is 19.0. The highest BCUT2D eigenvalue weighted by Gasteiger charge is 2.19. The van der Waals surface area contributed by atoms with E-state index in [4.69, 9.17) is 25.8 Å². The maximum absolute atomic E-state index is 6.19. The molecule has 154 valence electrons. The minimum absolute atomic E-state index is 0.271. The molecule has 0 fully saturated rings. The van der Waals surface area contributed by atoms with Gasteiger partial charge >= 0.3 is 0 Å². The summed E-state index contributed by atoms with van der Waals surface area (Å²) in [6.07, 6.45) is -0.271. The summed E-state index contributed by atoms with van der Waals surface area (Å²) >= 11 is 7.80. The molecule has 0 bridgehead atoms. The highest BCUT2D eigenvalue weighted by molar-refractivity contribution is 7.99. The second-order valence-electron chi connectivity index (χ2n) is 6.15. The van der Waals surface area contributed by atoms with E-state index in [2.05, 4.69) is 21.7 Å². The summed E-state index contributed by atoms with van der Waals surface area (Å²) in [6, 6.07) is 15.0. The van der Waals surface area contributed by atoms with Gasteiger partial charge in [0.1, 0.15) is 17.2 Å². The third kappa shape index (κ3) is 5.58. The zero-order valence-electron chi connectivity index (χ0n) is 16.7. The van der Waals surface area contributed by atoms with E-state index in [9.17, 15) is 0 Å². The quantitative estimate of drug-likeness (QED) is 0.320. The number of thioether (sulfide) groups is 1. The van der Waals surface area contributed by atoms with Crippen LogP contribution in [0.1, 0.15) is 25.8 Å². The largest absolute Gasteiger partial charge is 0.497 e. The maximum atomic E-state index is 6.19. The molecule has 1 unspecified atom stereocenters. The van der Waals surface area contributed by atoms with Crippen LogP contribution in [0.2, 0.25) is 5.02 Å². The lowest BCUT2D eigenvalue weighted by molar-refractivity contribution is 0.210. The molecule has 0 N–H and O–H groups in total. The predicted molar refractivity (Wildman–Crippen MR) is 115 cm³/mol. The Morgan fingerprint density at radius 1 is 1.07 bits per heavy atom. The number of aromatic nitrogens is 3. The molecular formula is C21H24ClN3O3S. The Kier molecular flexibility index (Phi) is 7.66. The van der Waals surface area contributed by atoms with Gasteiger partial charge in [-0.1, -0.05) is 35.5 Å². The Hall–Kier alpha value is -2.38. The van der Waals surface area contributed by atoms with Gasteiger partial charge in [-0.2, -0.15) is 0 Å². The van der Waals surface area contributed by atoms with Crippen molar-refractivity contribution in [3.63, 3.8) is 0 Å². The fourth-order valence-electron chi connectivity index (χ4n) is 2.75. The second kappa shape index (κ2) is 10.4. The average Bonchev–Trinajstić information content (AvgIpc) is 3.16. The molecular weight excluding hydrogens is 410 g/mol. The molecule has 0 spiro atoms. The summed E-state index contributed by atoms with van der Waals surface area (Å²) in [4.78, 5) is 0. The average molecular weight is 434 g/mol. The van der Waals surface area contributed by atoms with E-state index in [0.29, 0.717) is 17.4 Å². The summed E-state index contributed by atoms with van der Waals surface area (Å²) in [6.45, 7) is 5.32. The van der Waals surface area contributed by atoms with Crippen molar-refractivity contribution in [2.24, 2.45) is 0 Å². The van der Waals surface area contributed by atoms with Gasteiger partial charge in [-0.05, 0) is 50.2 Å². The van der Waals surface area contributed by atoms with E-state index in [1.165, 1.54) is 0 Å². The van der Waals surface area contributed by atoms with Gasteiger partial charge in [0, 0.05) is 12.3 Å². The number of halogens is 1. The lowest BCUT2D eigenvalue weighted by atomic mass is 10.3.